The third kappa shape index (κ3) is 1.41. The van der Waals surface area contributed by atoms with Crippen LogP contribution in [-0.2, 0) is 13.0 Å². The van der Waals surface area contributed by atoms with Crippen LogP contribution in [0.4, 0.5) is 0 Å². The molecule has 0 bridgehead atoms. The van der Waals surface area contributed by atoms with E-state index in [1.807, 2.05) is 4.57 Å². The van der Waals surface area contributed by atoms with Crippen LogP contribution >= 0.6 is 0 Å². The average Bonchev–Trinajstić information content (AvgIpc) is 2.36. The molecular formula is C8H12N4O. The molecule has 0 saturated carbocycles. The van der Waals surface area contributed by atoms with Gasteiger partial charge >= 0.3 is 0 Å². The second kappa shape index (κ2) is 3.16. The van der Waals surface area contributed by atoms with Gasteiger partial charge in [-0.25, -0.2) is 0 Å². The second-order valence-corrected chi connectivity index (χ2v) is 3.27. The minimum Gasteiger partial charge on any atom is -0.363 e. The summed E-state index contributed by atoms with van der Waals surface area (Å²) in [6.07, 6.45) is 4.28. The van der Waals surface area contributed by atoms with Gasteiger partial charge in [-0.3, -0.25) is 4.79 Å². The van der Waals surface area contributed by atoms with Crippen LogP contribution in [0, 0.1) is 0 Å². The van der Waals surface area contributed by atoms with Gasteiger partial charge in [-0.2, -0.15) is 0 Å². The zero-order chi connectivity index (χ0) is 9.26. The fourth-order valence-corrected chi connectivity index (χ4v) is 1.67. The number of hydrogen-bond donors (Lipinski definition) is 1. The van der Waals surface area contributed by atoms with E-state index in [0.717, 1.165) is 31.6 Å². The topological polar surface area (TPSA) is 73.8 Å². The smallest absolute Gasteiger partial charge is 0.286 e. The first kappa shape index (κ1) is 8.22. The number of carbonyl (C=O) groups excluding carboxylic acids is 1. The molecule has 0 atom stereocenters. The molecule has 13 heavy (non-hydrogen) atoms. The largest absolute Gasteiger partial charge is 0.363 e. The lowest BCUT2D eigenvalue weighted by atomic mass is 10.2. The molecule has 1 amide bonds. The van der Waals surface area contributed by atoms with Crippen molar-refractivity contribution >= 4 is 5.91 Å². The maximum Gasteiger partial charge on any atom is 0.286 e. The number of amides is 1. The fourth-order valence-electron chi connectivity index (χ4n) is 1.67. The monoisotopic (exact) mass is 180 g/mol. The van der Waals surface area contributed by atoms with Crippen molar-refractivity contribution in [2.24, 2.45) is 5.73 Å². The summed E-state index contributed by atoms with van der Waals surface area (Å²) >= 11 is 0. The van der Waals surface area contributed by atoms with Gasteiger partial charge in [0.15, 0.2) is 0 Å². The summed E-state index contributed by atoms with van der Waals surface area (Å²) in [6.45, 7) is 0.820. The van der Waals surface area contributed by atoms with Gasteiger partial charge in [0.25, 0.3) is 5.91 Å². The van der Waals surface area contributed by atoms with Crippen molar-refractivity contribution in [2.75, 3.05) is 0 Å². The molecule has 5 nitrogen and oxygen atoms in total. The summed E-state index contributed by atoms with van der Waals surface area (Å²) in [4.78, 5) is 10.9. The Balaban J connectivity index is 2.39. The summed E-state index contributed by atoms with van der Waals surface area (Å²) < 4.78 is 1.84. The number of aryl methyl sites for hydroxylation is 1. The molecule has 0 saturated heterocycles. The average molecular weight is 180 g/mol. The highest BCUT2D eigenvalue weighted by Crippen LogP contribution is 2.13. The first-order valence-corrected chi connectivity index (χ1v) is 4.51. The van der Waals surface area contributed by atoms with Crippen molar-refractivity contribution in [1.29, 1.82) is 0 Å². The van der Waals surface area contributed by atoms with E-state index in [-0.39, 0.29) is 0 Å². The van der Waals surface area contributed by atoms with Gasteiger partial charge < -0.3 is 10.3 Å². The van der Waals surface area contributed by atoms with Crippen LogP contribution in [0.3, 0.4) is 0 Å². The van der Waals surface area contributed by atoms with Gasteiger partial charge in [-0.05, 0) is 12.8 Å². The summed E-state index contributed by atoms with van der Waals surface area (Å²) in [5.74, 6) is 0.712. The number of rotatable bonds is 1. The molecule has 0 spiro atoms. The van der Waals surface area contributed by atoms with Crippen LogP contribution in [-0.4, -0.2) is 20.7 Å². The summed E-state index contributed by atoms with van der Waals surface area (Å²) in [7, 11) is 0. The standard InChI is InChI=1S/C8H12N4O/c9-7(13)8-11-10-6-4-2-1-3-5-12(6)8/h1-5H2,(H2,9,13). The minimum atomic E-state index is -0.486. The molecule has 0 fully saturated rings. The van der Waals surface area contributed by atoms with Crippen molar-refractivity contribution in [1.82, 2.24) is 14.8 Å². The van der Waals surface area contributed by atoms with E-state index in [4.69, 9.17) is 5.73 Å². The van der Waals surface area contributed by atoms with Crippen LogP contribution in [0.15, 0.2) is 0 Å². The molecule has 0 radical (unpaired) electrons. The Labute approximate surface area is 75.9 Å². The number of carbonyl (C=O) groups is 1. The maximum absolute atomic E-state index is 10.9. The predicted octanol–water partition coefficient (Wildman–Crippen LogP) is 0.103. The van der Waals surface area contributed by atoms with Crippen molar-refractivity contribution in [2.45, 2.75) is 32.2 Å². The Hall–Kier alpha value is -1.39. The molecule has 2 rings (SSSR count). The van der Waals surface area contributed by atoms with E-state index >= 15 is 0 Å². The quantitative estimate of drug-likeness (QED) is 0.666. The molecule has 1 aromatic heterocycles. The van der Waals surface area contributed by atoms with E-state index in [9.17, 15) is 4.79 Å². The van der Waals surface area contributed by atoms with Crippen LogP contribution in [0.5, 0.6) is 0 Å². The summed E-state index contributed by atoms with van der Waals surface area (Å²) in [6, 6.07) is 0. The van der Waals surface area contributed by atoms with Crippen molar-refractivity contribution < 1.29 is 4.79 Å². The zero-order valence-electron chi connectivity index (χ0n) is 7.36. The lowest BCUT2D eigenvalue weighted by molar-refractivity contribution is 0.0985. The van der Waals surface area contributed by atoms with Crippen molar-refractivity contribution in [3.05, 3.63) is 11.6 Å². The van der Waals surface area contributed by atoms with Gasteiger partial charge in [0, 0.05) is 13.0 Å². The number of primary amides is 1. The van der Waals surface area contributed by atoms with Gasteiger partial charge in [-0.1, -0.05) is 6.42 Å². The SMILES string of the molecule is NC(=O)c1nnc2n1CCCCC2. The highest BCUT2D eigenvalue weighted by Gasteiger charge is 2.17. The Morgan fingerprint density at radius 1 is 1.31 bits per heavy atom. The second-order valence-electron chi connectivity index (χ2n) is 3.27. The van der Waals surface area contributed by atoms with Crippen LogP contribution in [0.25, 0.3) is 0 Å². The molecule has 1 aliphatic heterocycles. The van der Waals surface area contributed by atoms with E-state index in [1.54, 1.807) is 0 Å². The fraction of sp³-hybridized carbons (Fsp3) is 0.625. The lowest BCUT2D eigenvalue weighted by Crippen LogP contribution is -2.18. The maximum atomic E-state index is 10.9. The normalized spacial score (nSPS) is 16.3. The molecule has 0 aromatic carbocycles. The van der Waals surface area contributed by atoms with Crippen molar-refractivity contribution in [3.8, 4) is 0 Å². The zero-order valence-corrected chi connectivity index (χ0v) is 7.36. The Morgan fingerprint density at radius 2 is 2.15 bits per heavy atom. The number of nitrogens with zero attached hydrogens (tertiary/aromatic N) is 3. The molecule has 70 valence electrons. The number of hydrogen-bond acceptors (Lipinski definition) is 3. The molecule has 0 unspecified atom stereocenters. The molecule has 2 heterocycles. The number of aromatic nitrogens is 3. The predicted molar refractivity (Wildman–Crippen MR) is 46.1 cm³/mol. The first-order valence-electron chi connectivity index (χ1n) is 4.51. The summed E-state index contributed by atoms with van der Waals surface area (Å²) in [5, 5.41) is 7.73. The van der Waals surface area contributed by atoms with Crippen LogP contribution in [0.1, 0.15) is 35.7 Å². The molecule has 1 aliphatic rings. The van der Waals surface area contributed by atoms with E-state index in [0.29, 0.717) is 5.82 Å². The van der Waals surface area contributed by atoms with Crippen LogP contribution in [0.2, 0.25) is 0 Å². The Morgan fingerprint density at radius 3 is 2.92 bits per heavy atom. The Kier molecular flexibility index (Phi) is 2.00. The lowest BCUT2D eigenvalue weighted by Gasteiger charge is -2.02. The van der Waals surface area contributed by atoms with Gasteiger partial charge in [0.05, 0.1) is 0 Å². The molecule has 0 aliphatic carbocycles. The van der Waals surface area contributed by atoms with E-state index in [2.05, 4.69) is 10.2 Å². The van der Waals surface area contributed by atoms with Gasteiger partial charge in [0.2, 0.25) is 5.82 Å². The highest BCUT2D eigenvalue weighted by atomic mass is 16.1. The van der Waals surface area contributed by atoms with Crippen LogP contribution < -0.4 is 5.73 Å². The molecule has 5 heteroatoms. The first-order chi connectivity index (χ1) is 6.29. The third-order valence-electron chi connectivity index (χ3n) is 2.33. The van der Waals surface area contributed by atoms with E-state index < -0.39 is 5.91 Å². The molecule has 1 aromatic rings. The molecule has 2 N–H and O–H groups in total. The van der Waals surface area contributed by atoms with Gasteiger partial charge in [-0.15, -0.1) is 10.2 Å². The van der Waals surface area contributed by atoms with Crippen molar-refractivity contribution in [3.63, 3.8) is 0 Å². The minimum absolute atomic E-state index is 0.303. The summed E-state index contributed by atoms with van der Waals surface area (Å²) in [5.41, 5.74) is 5.17. The highest BCUT2D eigenvalue weighted by molar-refractivity contribution is 5.89. The van der Waals surface area contributed by atoms with Gasteiger partial charge in [0.1, 0.15) is 5.82 Å². The molecular weight excluding hydrogens is 168 g/mol. The number of nitrogens with two attached hydrogens (primary N) is 1. The van der Waals surface area contributed by atoms with E-state index in [1.165, 1.54) is 6.42 Å². The third-order valence-corrected chi connectivity index (χ3v) is 2.33. The number of fused-ring (bicyclic) bond motifs is 1. The Bertz CT molecular complexity index is 331.